The average molecular weight is 409 g/mol. The summed E-state index contributed by atoms with van der Waals surface area (Å²) in [6, 6.07) is 14.6. The summed E-state index contributed by atoms with van der Waals surface area (Å²) in [5, 5.41) is 2.76. The monoisotopic (exact) mass is 409 g/mol. The highest BCUT2D eigenvalue weighted by atomic mass is 16.5. The summed E-state index contributed by atoms with van der Waals surface area (Å²) >= 11 is 0. The Bertz CT molecular complexity index is 1140. The summed E-state index contributed by atoms with van der Waals surface area (Å²) in [5.74, 6) is 0.606. The quantitative estimate of drug-likeness (QED) is 0.568. The molecule has 1 heterocycles. The number of amides is 1. The van der Waals surface area contributed by atoms with E-state index in [4.69, 9.17) is 9.47 Å². The fourth-order valence-corrected chi connectivity index (χ4v) is 3.01. The van der Waals surface area contributed by atoms with E-state index in [9.17, 15) is 14.4 Å². The van der Waals surface area contributed by atoms with E-state index < -0.39 is 11.1 Å². The van der Waals surface area contributed by atoms with Gasteiger partial charge < -0.3 is 14.8 Å². The zero-order chi connectivity index (χ0) is 21.5. The van der Waals surface area contributed by atoms with Gasteiger partial charge in [0.15, 0.2) is 11.5 Å². The third kappa shape index (κ3) is 4.78. The lowest BCUT2D eigenvalue weighted by molar-refractivity contribution is -0.121. The van der Waals surface area contributed by atoms with Crippen LogP contribution in [0.2, 0.25) is 0 Å². The Kier molecular flexibility index (Phi) is 6.69. The third-order valence-electron chi connectivity index (χ3n) is 4.60. The van der Waals surface area contributed by atoms with Crippen LogP contribution >= 0.6 is 0 Å². The molecule has 8 nitrogen and oxygen atoms in total. The fraction of sp³-hybridized carbons (Fsp3) is 0.227. The summed E-state index contributed by atoms with van der Waals surface area (Å²) in [7, 11) is 2.99. The van der Waals surface area contributed by atoms with Crippen LogP contribution in [0.25, 0.3) is 5.69 Å². The maximum atomic E-state index is 12.6. The van der Waals surface area contributed by atoms with Gasteiger partial charge >= 0.3 is 11.1 Å². The second kappa shape index (κ2) is 9.60. The Labute approximate surface area is 173 Å². The number of nitrogens with zero attached hydrogens (tertiary/aromatic N) is 2. The van der Waals surface area contributed by atoms with E-state index in [1.807, 2.05) is 30.3 Å². The molecule has 1 N–H and O–H groups in total. The molecule has 1 aromatic heterocycles. The highest BCUT2D eigenvalue weighted by Crippen LogP contribution is 2.28. The minimum absolute atomic E-state index is 0.227. The van der Waals surface area contributed by atoms with E-state index in [0.29, 0.717) is 30.2 Å². The molecule has 30 heavy (non-hydrogen) atoms. The van der Waals surface area contributed by atoms with E-state index in [-0.39, 0.29) is 12.5 Å². The predicted molar refractivity (Wildman–Crippen MR) is 113 cm³/mol. The summed E-state index contributed by atoms with van der Waals surface area (Å²) in [5.41, 5.74) is 0.00833. The smallest absolute Gasteiger partial charge is 0.320 e. The molecule has 0 radical (unpaired) electrons. The molecule has 0 unspecified atom stereocenters. The molecule has 2 aromatic carbocycles. The largest absolute Gasteiger partial charge is 0.493 e. The standard InChI is InChI=1S/C22H23N3O5/c1-29-18-9-8-17(14-19(18)30-2)25-13-12-24(21(27)22(25)28)15-20(26)23-11-10-16-6-4-3-5-7-16/h3-9,12-14H,10-11,15H2,1-2H3,(H,23,26). The highest BCUT2D eigenvalue weighted by molar-refractivity contribution is 5.75. The Morgan fingerprint density at radius 1 is 0.933 bits per heavy atom. The Balaban J connectivity index is 1.71. The van der Waals surface area contributed by atoms with E-state index in [1.165, 1.54) is 31.2 Å². The van der Waals surface area contributed by atoms with Crippen LogP contribution in [0.1, 0.15) is 5.56 Å². The SMILES string of the molecule is COc1ccc(-n2ccn(CC(=O)NCCc3ccccc3)c(=O)c2=O)cc1OC. The highest BCUT2D eigenvalue weighted by Gasteiger charge is 2.12. The van der Waals surface area contributed by atoms with Gasteiger partial charge in [0.25, 0.3) is 0 Å². The Morgan fingerprint density at radius 3 is 2.37 bits per heavy atom. The number of hydrogen-bond acceptors (Lipinski definition) is 5. The van der Waals surface area contributed by atoms with Crippen LogP contribution in [-0.2, 0) is 17.8 Å². The molecule has 1 amide bonds. The van der Waals surface area contributed by atoms with Gasteiger partial charge in [-0.3, -0.25) is 23.5 Å². The van der Waals surface area contributed by atoms with Crippen LogP contribution < -0.4 is 25.9 Å². The average Bonchev–Trinajstić information content (AvgIpc) is 2.77. The van der Waals surface area contributed by atoms with Gasteiger partial charge in [0.05, 0.1) is 19.9 Å². The van der Waals surface area contributed by atoms with Crippen LogP contribution in [-0.4, -0.2) is 35.8 Å². The maximum absolute atomic E-state index is 12.6. The van der Waals surface area contributed by atoms with Gasteiger partial charge in [0.2, 0.25) is 5.91 Å². The third-order valence-corrected chi connectivity index (χ3v) is 4.60. The zero-order valence-electron chi connectivity index (χ0n) is 16.8. The molecule has 0 saturated carbocycles. The number of benzene rings is 2. The van der Waals surface area contributed by atoms with Crippen molar-refractivity contribution in [3.05, 3.63) is 87.2 Å². The van der Waals surface area contributed by atoms with E-state index in [1.54, 1.807) is 18.2 Å². The molecule has 0 fully saturated rings. The minimum atomic E-state index is -0.787. The number of carbonyl (C=O) groups excluding carboxylic acids is 1. The number of methoxy groups -OCH3 is 2. The number of rotatable bonds is 8. The number of carbonyl (C=O) groups is 1. The Hall–Kier alpha value is -3.81. The van der Waals surface area contributed by atoms with Gasteiger partial charge in [0, 0.05) is 25.0 Å². The first-order chi connectivity index (χ1) is 14.5. The molecular formula is C22H23N3O5. The van der Waals surface area contributed by atoms with E-state index in [0.717, 1.165) is 10.1 Å². The molecular weight excluding hydrogens is 386 g/mol. The van der Waals surface area contributed by atoms with Crippen molar-refractivity contribution in [1.29, 1.82) is 0 Å². The molecule has 0 bridgehead atoms. The molecule has 0 atom stereocenters. The van der Waals surface area contributed by atoms with Crippen molar-refractivity contribution in [3.63, 3.8) is 0 Å². The van der Waals surface area contributed by atoms with Crippen molar-refractivity contribution >= 4 is 5.91 Å². The number of aromatic nitrogens is 2. The van der Waals surface area contributed by atoms with Crippen LogP contribution in [0, 0.1) is 0 Å². The lowest BCUT2D eigenvalue weighted by Gasteiger charge is -2.12. The number of nitrogens with one attached hydrogen (secondary N) is 1. The maximum Gasteiger partial charge on any atom is 0.320 e. The van der Waals surface area contributed by atoms with Crippen molar-refractivity contribution in [2.45, 2.75) is 13.0 Å². The topological polar surface area (TPSA) is 91.6 Å². The Morgan fingerprint density at radius 2 is 1.67 bits per heavy atom. The van der Waals surface area contributed by atoms with Crippen molar-refractivity contribution in [2.24, 2.45) is 0 Å². The zero-order valence-corrected chi connectivity index (χ0v) is 16.8. The summed E-state index contributed by atoms with van der Waals surface area (Å²) in [6.07, 6.45) is 3.54. The van der Waals surface area contributed by atoms with Gasteiger partial charge in [0.1, 0.15) is 6.54 Å². The summed E-state index contributed by atoms with van der Waals surface area (Å²) < 4.78 is 12.7. The number of hydrogen-bond donors (Lipinski definition) is 1. The molecule has 0 saturated heterocycles. The van der Waals surface area contributed by atoms with Crippen LogP contribution in [0.3, 0.4) is 0 Å². The van der Waals surface area contributed by atoms with Crippen LogP contribution in [0.15, 0.2) is 70.5 Å². The molecule has 3 rings (SSSR count). The fourth-order valence-electron chi connectivity index (χ4n) is 3.01. The predicted octanol–water partition coefficient (Wildman–Crippen LogP) is 1.38. The van der Waals surface area contributed by atoms with Crippen molar-refractivity contribution in [3.8, 4) is 17.2 Å². The summed E-state index contributed by atoms with van der Waals surface area (Å²) in [4.78, 5) is 37.2. The molecule has 0 aliphatic carbocycles. The first kappa shape index (κ1) is 20.9. The molecule has 0 spiro atoms. The van der Waals surface area contributed by atoms with E-state index >= 15 is 0 Å². The first-order valence-electron chi connectivity index (χ1n) is 9.38. The molecule has 3 aromatic rings. The minimum Gasteiger partial charge on any atom is -0.493 e. The van der Waals surface area contributed by atoms with Gasteiger partial charge in [-0.05, 0) is 24.1 Å². The number of ether oxygens (including phenoxy) is 2. The van der Waals surface area contributed by atoms with Crippen LogP contribution in [0.5, 0.6) is 11.5 Å². The van der Waals surface area contributed by atoms with Crippen LogP contribution in [0.4, 0.5) is 0 Å². The molecule has 0 aliphatic rings. The molecule has 0 aliphatic heterocycles. The normalized spacial score (nSPS) is 10.5. The molecule has 8 heteroatoms. The lowest BCUT2D eigenvalue weighted by atomic mass is 10.1. The van der Waals surface area contributed by atoms with Gasteiger partial charge in [-0.2, -0.15) is 0 Å². The van der Waals surface area contributed by atoms with E-state index in [2.05, 4.69) is 5.32 Å². The van der Waals surface area contributed by atoms with Crippen molar-refractivity contribution in [2.75, 3.05) is 20.8 Å². The van der Waals surface area contributed by atoms with Gasteiger partial charge in [-0.25, -0.2) is 0 Å². The lowest BCUT2D eigenvalue weighted by Crippen LogP contribution is -2.42. The molecule has 156 valence electrons. The first-order valence-corrected chi connectivity index (χ1v) is 9.38. The van der Waals surface area contributed by atoms with Crippen molar-refractivity contribution < 1.29 is 14.3 Å². The van der Waals surface area contributed by atoms with Gasteiger partial charge in [-0.1, -0.05) is 30.3 Å². The second-order valence-electron chi connectivity index (χ2n) is 6.53. The second-order valence-corrected chi connectivity index (χ2v) is 6.53. The van der Waals surface area contributed by atoms with Gasteiger partial charge in [-0.15, -0.1) is 0 Å². The summed E-state index contributed by atoms with van der Waals surface area (Å²) in [6.45, 7) is 0.218. The van der Waals surface area contributed by atoms with Crippen molar-refractivity contribution in [1.82, 2.24) is 14.5 Å².